The molecule has 1 atom stereocenters. The molecule has 2 amide bonds. The van der Waals surface area contributed by atoms with Gasteiger partial charge in [-0.05, 0) is 47.5 Å². The summed E-state index contributed by atoms with van der Waals surface area (Å²) in [5.74, 6) is -0.197. The van der Waals surface area contributed by atoms with E-state index in [0.29, 0.717) is 18.1 Å². The molecular formula is C15H23N3O3S. The van der Waals surface area contributed by atoms with Gasteiger partial charge in [0.1, 0.15) is 11.6 Å². The molecule has 6 nitrogen and oxygen atoms in total. The van der Waals surface area contributed by atoms with Crippen LogP contribution in [0.15, 0.2) is 0 Å². The standard InChI is InChI=1S/C15H23N3O3S/c1-9-10(2)22-13(16-9)17-12(19)11-7-6-8-18(11)14(20)21-15(3,4)5/h11H,6-8H2,1-5H3,(H,16,17,19)/t11-/m0/s1. The van der Waals surface area contributed by atoms with Gasteiger partial charge in [0.25, 0.3) is 0 Å². The van der Waals surface area contributed by atoms with Gasteiger partial charge in [0.2, 0.25) is 5.91 Å². The summed E-state index contributed by atoms with van der Waals surface area (Å²) < 4.78 is 5.37. The number of amides is 2. The Balaban J connectivity index is 2.03. The van der Waals surface area contributed by atoms with Crippen molar-refractivity contribution in [1.82, 2.24) is 9.88 Å². The van der Waals surface area contributed by atoms with Crippen LogP contribution < -0.4 is 5.32 Å². The second kappa shape index (κ2) is 6.24. The van der Waals surface area contributed by atoms with E-state index in [9.17, 15) is 9.59 Å². The predicted octanol–water partition coefficient (Wildman–Crippen LogP) is 3.10. The van der Waals surface area contributed by atoms with E-state index in [2.05, 4.69) is 10.3 Å². The Morgan fingerprint density at radius 1 is 1.36 bits per heavy atom. The van der Waals surface area contributed by atoms with Gasteiger partial charge < -0.3 is 10.1 Å². The van der Waals surface area contributed by atoms with E-state index in [0.717, 1.165) is 17.0 Å². The molecule has 0 aromatic carbocycles. The molecule has 0 aliphatic carbocycles. The quantitative estimate of drug-likeness (QED) is 0.907. The third-order valence-electron chi connectivity index (χ3n) is 3.44. The number of anilines is 1. The van der Waals surface area contributed by atoms with Crippen LogP contribution in [-0.4, -0.2) is 40.1 Å². The molecule has 1 fully saturated rings. The summed E-state index contributed by atoms with van der Waals surface area (Å²) >= 11 is 1.44. The first kappa shape index (κ1) is 16.7. The zero-order valence-corrected chi connectivity index (χ0v) is 14.5. The maximum atomic E-state index is 12.4. The van der Waals surface area contributed by atoms with E-state index in [1.165, 1.54) is 16.2 Å². The van der Waals surface area contributed by atoms with Gasteiger partial charge >= 0.3 is 6.09 Å². The fourth-order valence-electron chi connectivity index (χ4n) is 2.29. The molecule has 1 saturated heterocycles. The minimum absolute atomic E-state index is 0.197. The fraction of sp³-hybridized carbons (Fsp3) is 0.667. The Hall–Kier alpha value is -1.63. The van der Waals surface area contributed by atoms with Gasteiger partial charge in [-0.1, -0.05) is 0 Å². The number of rotatable bonds is 2. The number of nitrogens with one attached hydrogen (secondary N) is 1. The molecule has 1 aliphatic heterocycles. The smallest absolute Gasteiger partial charge is 0.410 e. The van der Waals surface area contributed by atoms with E-state index in [4.69, 9.17) is 4.74 Å². The first-order valence-electron chi connectivity index (χ1n) is 7.42. The van der Waals surface area contributed by atoms with Crippen molar-refractivity contribution >= 4 is 28.5 Å². The number of aromatic nitrogens is 1. The molecule has 2 heterocycles. The average molecular weight is 325 g/mol. The minimum Gasteiger partial charge on any atom is -0.444 e. The first-order chi connectivity index (χ1) is 10.2. The van der Waals surface area contributed by atoms with Crippen molar-refractivity contribution in [2.45, 2.75) is 59.1 Å². The minimum atomic E-state index is -0.565. The Bertz CT molecular complexity index is 558. The van der Waals surface area contributed by atoms with Gasteiger partial charge in [-0.15, -0.1) is 11.3 Å². The predicted molar refractivity (Wildman–Crippen MR) is 86.2 cm³/mol. The van der Waals surface area contributed by atoms with Crippen LogP contribution in [0.25, 0.3) is 0 Å². The van der Waals surface area contributed by atoms with Crippen LogP contribution in [0.1, 0.15) is 44.2 Å². The largest absolute Gasteiger partial charge is 0.444 e. The number of likely N-dealkylation sites (tertiary alicyclic amines) is 1. The molecule has 1 N–H and O–H groups in total. The van der Waals surface area contributed by atoms with Crippen LogP contribution in [0.5, 0.6) is 0 Å². The maximum absolute atomic E-state index is 12.4. The summed E-state index contributed by atoms with van der Waals surface area (Å²) in [6, 6.07) is -0.487. The van der Waals surface area contributed by atoms with Crippen molar-refractivity contribution in [3.63, 3.8) is 0 Å². The number of carbonyl (C=O) groups is 2. The third kappa shape index (κ3) is 3.97. The van der Waals surface area contributed by atoms with Crippen molar-refractivity contribution in [2.24, 2.45) is 0 Å². The van der Waals surface area contributed by atoms with Crippen LogP contribution >= 0.6 is 11.3 Å². The molecule has 22 heavy (non-hydrogen) atoms. The van der Waals surface area contributed by atoms with Crippen LogP contribution in [0, 0.1) is 13.8 Å². The lowest BCUT2D eigenvalue weighted by Gasteiger charge is -2.27. The Labute approximate surface area is 134 Å². The zero-order chi connectivity index (χ0) is 16.5. The van der Waals surface area contributed by atoms with Gasteiger partial charge in [0.05, 0.1) is 5.69 Å². The SMILES string of the molecule is Cc1nc(NC(=O)[C@@H]2CCCN2C(=O)OC(C)(C)C)sc1C. The highest BCUT2D eigenvalue weighted by molar-refractivity contribution is 7.15. The zero-order valence-electron chi connectivity index (χ0n) is 13.7. The lowest BCUT2D eigenvalue weighted by Crippen LogP contribution is -2.45. The van der Waals surface area contributed by atoms with E-state index in [1.54, 1.807) is 0 Å². The second-order valence-corrected chi connectivity index (χ2v) is 7.68. The van der Waals surface area contributed by atoms with Gasteiger partial charge in [0, 0.05) is 11.4 Å². The van der Waals surface area contributed by atoms with E-state index in [1.807, 2.05) is 34.6 Å². The number of thiazole rings is 1. The number of hydrogen-bond donors (Lipinski definition) is 1. The summed E-state index contributed by atoms with van der Waals surface area (Å²) in [6.45, 7) is 9.86. The topological polar surface area (TPSA) is 71.5 Å². The molecule has 1 aliphatic rings. The summed E-state index contributed by atoms with van der Waals surface area (Å²) in [7, 11) is 0. The second-order valence-electron chi connectivity index (χ2n) is 6.48. The van der Waals surface area contributed by atoms with Crippen molar-refractivity contribution in [3.8, 4) is 0 Å². The van der Waals surface area contributed by atoms with Gasteiger partial charge in [-0.2, -0.15) is 0 Å². The van der Waals surface area contributed by atoms with Crippen molar-refractivity contribution in [1.29, 1.82) is 0 Å². The summed E-state index contributed by atoms with van der Waals surface area (Å²) in [5.41, 5.74) is 0.347. The molecule has 0 saturated carbocycles. The number of carbonyl (C=O) groups excluding carboxylic acids is 2. The normalized spacial score (nSPS) is 18.4. The lowest BCUT2D eigenvalue weighted by molar-refractivity contribution is -0.120. The summed E-state index contributed by atoms with van der Waals surface area (Å²) in [5, 5.41) is 3.39. The highest BCUT2D eigenvalue weighted by atomic mass is 32.1. The van der Waals surface area contributed by atoms with E-state index < -0.39 is 17.7 Å². The summed E-state index contributed by atoms with van der Waals surface area (Å²) in [6.07, 6.45) is 1.01. The molecular weight excluding hydrogens is 302 g/mol. The molecule has 1 aromatic heterocycles. The van der Waals surface area contributed by atoms with Crippen LogP contribution in [0.4, 0.5) is 9.93 Å². The molecule has 7 heteroatoms. The Morgan fingerprint density at radius 2 is 2.05 bits per heavy atom. The van der Waals surface area contributed by atoms with Crippen molar-refractivity contribution in [3.05, 3.63) is 10.6 Å². The van der Waals surface area contributed by atoms with Gasteiger partial charge in [0.15, 0.2) is 5.13 Å². The Kier molecular flexibility index (Phi) is 4.75. The highest BCUT2D eigenvalue weighted by Gasteiger charge is 2.36. The maximum Gasteiger partial charge on any atom is 0.410 e. The van der Waals surface area contributed by atoms with Crippen LogP contribution in [0.3, 0.4) is 0 Å². The van der Waals surface area contributed by atoms with E-state index >= 15 is 0 Å². The van der Waals surface area contributed by atoms with Crippen LogP contribution in [-0.2, 0) is 9.53 Å². The van der Waals surface area contributed by atoms with Gasteiger partial charge in [-0.3, -0.25) is 9.69 Å². The number of hydrogen-bond acceptors (Lipinski definition) is 5. The first-order valence-corrected chi connectivity index (χ1v) is 8.23. The van der Waals surface area contributed by atoms with Crippen molar-refractivity contribution in [2.75, 3.05) is 11.9 Å². The van der Waals surface area contributed by atoms with Gasteiger partial charge in [-0.25, -0.2) is 9.78 Å². The molecule has 1 aromatic rings. The summed E-state index contributed by atoms with van der Waals surface area (Å²) in [4.78, 5) is 31.5. The molecule has 0 radical (unpaired) electrons. The van der Waals surface area contributed by atoms with E-state index in [-0.39, 0.29) is 5.91 Å². The monoisotopic (exact) mass is 325 g/mol. The third-order valence-corrected chi connectivity index (χ3v) is 4.43. The molecule has 2 rings (SSSR count). The average Bonchev–Trinajstić information content (AvgIpc) is 2.95. The van der Waals surface area contributed by atoms with Crippen molar-refractivity contribution < 1.29 is 14.3 Å². The highest BCUT2D eigenvalue weighted by Crippen LogP contribution is 2.25. The molecule has 122 valence electrons. The molecule has 0 unspecified atom stereocenters. The van der Waals surface area contributed by atoms with Crippen LogP contribution in [0.2, 0.25) is 0 Å². The molecule has 0 bridgehead atoms. The Morgan fingerprint density at radius 3 is 2.59 bits per heavy atom. The fourth-order valence-corrected chi connectivity index (χ4v) is 3.11. The lowest BCUT2D eigenvalue weighted by atomic mass is 10.2. The number of aryl methyl sites for hydroxylation is 2. The number of nitrogens with zero attached hydrogens (tertiary/aromatic N) is 2. The number of ether oxygens (including phenoxy) is 1. The molecule has 0 spiro atoms.